The number of ether oxygens (including phenoxy) is 2. The number of anilines is 2. The van der Waals surface area contributed by atoms with Gasteiger partial charge in [-0.2, -0.15) is 13.8 Å². The van der Waals surface area contributed by atoms with E-state index in [-0.39, 0.29) is 24.0 Å². The predicted molar refractivity (Wildman–Crippen MR) is 106 cm³/mol. The van der Waals surface area contributed by atoms with Crippen LogP contribution in [0.25, 0.3) is 0 Å². The Balaban J connectivity index is 2.00. The van der Waals surface area contributed by atoms with Crippen LogP contribution in [0.2, 0.25) is 0 Å². The van der Waals surface area contributed by atoms with E-state index in [0.29, 0.717) is 22.4 Å². The second-order valence-corrected chi connectivity index (χ2v) is 6.75. The summed E-state index contributed by atoms with van der Waals surface area (Å²) in [5, 5.41) is 2.99. The summed E-state index contributed by atoms with van der Waals surface area (Å²) in [5.74, 6) is -1.90. The van der Waals surface area contributed by atoms with E-state index in [1.54, 1.807) is 19.9 Å². The first-order chi connectivity index (χ1) is 14.7. The molecular formula is C21H19F4N3O3. The van der Waals surface area contributed by atoms with Gasteiger partial charge < -0.3 is 19.4 Å². The molecule has 0 spiro atoms. The van der Waals surface area contributed by atoms with Gasteiger partial charge in [-0.05, 0) is 54.8 Å². The third-order valence-corrected chi connectivity index (χ3v) is 4.50. The molecule has 0 amide bonds. The van der Waals surface area contributed by atoms with E-state index in [1.807, 2.05) is 0 Å². The first-order valence-corrected chi connectivity index (χ1v) is 9.10. The van der Waals surface area contributed by atoms with Crippen molar-refractivity contribution >= 4 is 11.6 Å². The van der Waals surface area contributed by atoms with Crippen LogP contribution in [0.4, 0.5) is 29.2 Å². The zero-order valence-electron chi connectivity index (χ0n) is 16.9. The summed E-state index contributed by atoms with van der Waals surface area (Å²) >= 11 is 0. The number of benzene rings is 2. The number of alkyl halides is 2. The zero-order valence-corrected chi connectivity index (χ0v) is 16.9. The first kappa shape index (κ1) is 22.1. The minimum absolute atomic E-state index is 0.0277. The molecule has 0 radical (unpaired) electrons. The van der Waals surface area contributed by atoms with Crippen molar-refractivity contribution in [2.45, 2.75) is 27.0 Å². The van der Waals surface area contributed by atoms with E-state index in [0.717, 1.165) is 12.1 Å². The Morgan fingerprint density at radius 3 is 2.45 bits per heavy atom. The highest BCUT2D eigenvalue weighted by atomic mass is 19.3. The third-order valence-electron chi connectivity index (χ3n) is 4.50. The van der Waals surface area contributed by atoms with Gasteiger partial charge in [0.05, 0.1) is 19.9 Å². The van der Waals surface area contributed by atoms with Gasteiger partial charge in [-0.1, -0.05) is 6.07 Å². The molecule has 6 nitrogen and oxygen atoms in total. The Morgan fingerprint density at radius 1 is 1.06 bits per heavy atom. The maximum absolute atomic E-state index is 13.6. The van der Waals surface area contributed by atoms with Crippen molar-refractivity contribution < 1.29 is 27.0 Å². The normalized spacial score (nSPS) is 11.0. The molecule has 0 unspecified atom stereocenters. The highest BCUT2D eigenvalue weighted by molar-refractivity contribution is 5.62. The van der Waals surface area contributed by atoms with E-state index in [2.05, 4.69) is 15.0 Å². The number of halogens is 4. The minimum atomic E-state index is -2.96. The summed E-state index contributed by atoms with van der Waals surface area (Å²) < 4.78 is 63.0. The van der Waals surface area contributed by atoms with Crippen molar-refractivity contribution in [2.24, 2.45) is 0 Å². The lowest BCUT2D eigenvalue weighted by molar-refractivity contribution is -0.0503. The smallest absolute Gasteiger partial charge is 0.387 e. The number of aromatic nitrogens is 2. The van der Waals surface area contributed by atoms with E-state index >= 15 is 0 Å². The molecule has 3 aromatic rings. The number of nitrogens with zero attached hydrogens (tertiary/aromatic N) is 2. The molecule has 1 N–H and O–H groups in total. The highest BCUT2D eigenvalue weighted by Crippen LogP contribution is 2.29. The van der Waals surface area contributed by atoms with Crippen LogP contribution in [0, 0.1) is 25.5 Å². The Labute approximate surface area is 175 Å². The number of hydrogen-bond acceptors (Lipinski definition) is 5. The zero-order chi connectivity index (χ0) is 22.7. The summed E-state index contributed by atoms with van der Waals surface area (Å²) in [4.78, 5) is 16.2. The van der Waals surface area contributed by atoms with Gasteiger partial charge in [0.1, 0.15) is 5.75 Å². The quantitative estimate of drug-likeness (QED) is 0.550. The van der Waals surface area contributed by atoms with Crippen molar-refractivity contribution in [3.8, 4) is 11.5 Å². The third kappa shape index (κ3) is 5.14. The van der Waals surface area contributed by atoms with E-state index in [4.69, 9.17) is 4.74 Å². The van der Waals surface area contributed by atoms with Crippen LogP contribution in [0.15, 0.2) is 41.3 Å². The number of hydrogen-bond donors (Lipinski definition) is 1. The highest BCUT2D eigenvalue weighted by Gasteiger charge is 2.14. The lowest BCUT2D eigenvalue weighted by atomic mass is 10.1. The molecule has 1 heterocycles. The van der Waals surface area contributed by atoms with Gasteiger partial charge in [-0.15, -0.1) is 0 Å². The molecule has 0 atom stereocenters. The van der Waals surface area contributed by atoms with Gasteiger partial charge in [-0.3, -0.25) is 4.79 Å². The summed E-state index contributed by atoms with van der Waals surface area (Å²) in [6, 6.07) is 6.45. The SMILES string of the molecule is COc1cn(Cc2ccc(F)c(F)c2)c(Nc2cc(C)c(OC(F)F)cc2C)nc1=O. The molecule has 1 aromatic heterocycles. The van der Waals surface area contributed by atoms with E-state index in [1.165, 1.54) is 30.0 Å². The fraction of sp³-hybridized carbons (Fsp3) is 0.238. The van der Waals surface area contributed by atoms with Gasteiger partial charge in [-0.25, -0.2) is 8.78 Å². The van der Waals surface area contributed by atoms with Gasteiger partial charge in [0.15, 0.2) is 11.6 Å². The lowest BCUT2D eigenvalue weighted by Crippen LogP contribution is -2.19. The van der Waals surface area contributed by atoms with Crippen LogP contribution in [0.1, 0.15) is 16.7 Å². The van der Waals surface area contributed by atoms with Crippen LogP contribution in [0.3, 0.4) is 0 Å². The number of methoxy groups -OCH3 is 1. The Bertz CT molecular complexity index is 1170. The molecular weight excluding hydrogens is 418 g/mol. The second kappa shape index (κ2) is 9.07. The molecule has 0 fully saturated rings. The van der Waals surface area contributed by atoms with Gasteiger partial charge in [0.25, 0.3) is 0 Å². The molecule has 0 aliphatic carbocycles. The van der Waals surface area contributed by atoms with Crippen LogP contribution in [-0.4, -0.2) is 23.3 Å². The van der Waals surface area contributed by atoms with Gasteiger partial charge in [0, 0.05) is 5.69 Å². The van der Waals surface area contributed by atoms with Crippen molar-refractivity contribution in [2.75, 3.05) is 12.4 Å². The number of rotatable bonds is 7. The van der Waals surface area contributed by atoms with E-state index < -0.39 is 23.8 Å². The molecule has 0 aliphatic heterocycles. The Morgan fingerprint density at radius 2 is 1.81 bits per heavy atom. The van der Waals surface area contributed by atoms with Gasteiger partial charge >= 0.3 is 12.2 Å². The maximum atomic E-state index is 13.6. The molecule has 0 saturated carbocycles. The molecule has 3 rings (SSSR count). The van der Waals surface area contributed by atoms with Crippen LogP contribution in [-0.2, 0) is 6.54 Å². The van der Waals surface area contributed by atoms with Crippen LogP contribution >= 0.6 is 0 Å². The number of aryl methyl sites for hydroxylation is 2. The lowest BCUT2D eigenvalue weighted by Gasteiger charge is -2.18. The molecule has 0 bridgehead atoms. The first-order valence-electron chi connectivity index (χ1n) is 9.10. The molecule has 164 valence electrons. The second-order valence-electron chi connectivity index (χ2n) is 6.75. The molecule has 10 heteroatoms. The summed E-state index contributed by atoms with van der Waals surface area (Å²) in [6.45, 7) is 0.356. The summed E-state index contributed by atoms with van der Waals surface area (Å²) in [6.07, 6.45) is 1.38. The van der Waals surface area contributed by atoms with Gasteiger partial charge in [0.2, 0.25) is 11.7 Å². The number of nitrogens with one attached hydrogen (secondary N) is 1. The van der Waals surface area contributed by atoms with Crippen LogP contribution < -0.4 is 20.3 Å². The van der Waals surface area contributed by atoms with Crippen LogP contribution in [0.5, 0.6) is 11.5 Å². The summed E-state index contributed by atoms with van der Waals surface area (Å²) in [5.41, 5.74) is 1.28. The fourth-order valence-corrected chi connectivity index (χ4v) is 2.94. The minimum Gasteiger partial charge on any atom is -0.490 e. The molecule has 2 aromatic carbocycles. The van der Waals surface area contributed by atoms with E-state index in [9.17, 15) is 22.4 Å². The average Bonchev–Trinajstić information content (AvgIpc) is 2.70. The average molecular weight is 437 g/mol. The van der Waals surface area contributed by atoms with Crippen molar-refractivity contribution in [3.05, 3.63) is 75.2 Å². The maximum Gasteiger partial charge on any atom is 0.387 e. The summed E-state index contributed by atoms with van der Waals surface area (Å²) in [7, 11) is 1.31. The molecule has 0 saturated heterocycles. The topological polar surface area (TPSA) is 65.4 Å². The standard InChI is InChI=1S/C21H19F4N3O3/c1-11-7-17(31-20(24)25)12(2)6-16(11)26-21-27-19(29)18(30-3)10-28(21)9-13-4-5-14(22)15(23)8-13/h4-8,10,20H,9H2,1-3H3,(H,26,27,29). The van der Waals surface area contributed by atoms with Crippen molar-refractivity contribution in [1.29, 1.82) is 0 Å². The molecule has 0 aliphatic rings. The monoisotopic (exact) mass is 437 g/mol. The Kier molecular flexibility index (Phi) is 6.47. The fourth-order valence-electron chi connectivity index (χ4n) is 2.94. The molecule has 31 heavy (non-hydrogen) atoms. The predicted octanol–water partition coefficient (Wildman–Crippen LogP) is 4.54. The van der Waals surface area contributed by atoms with Crippen molar-refractivity contribution in [1.82, 2.24) is 9.55 Å². The van der Waals surface area contributed by atoms with Crippen molar-refractivity contribution in [3.63, 3.8) is 0 Å². The Hall–Kier alpha value is -3.56. The largest absolute Gasteiger partial charge is 0.490 e.